The van der Waals surface area contributed by atoms with Gasteiger partial charge in [0.2, 0.25) is 0 Å². The molecule has 0 radical (unpaired) electrons. The Balaban J connectivity index is 1.84. The number of halogens is 1. The van der Waals surface area contributed by atoms with Crippen molar-refractivity contribution in [1.82, 2.24) is 5.32 Å². The molecule has 21 heavy (non-hydrogen) atoms. The van der Waals surface area contributed by atoms with Crippen LogP contribution in [0.3, 0.4) is 0 Å². The molecule has 2 aromatic rings. The Morgan fingerprint density at radius 2 is 2.10 bits per heavy atom. The van der Waals surface area contributed by atoms with Crippen molar-refractivity contribution in [1.29, 1.82) is 0 Å². The average Bonchev–Trinajstić information content (AvgIpc) is 2.50. The Morgan fingerprint density at radius 3 is 2.95 bits per heavy atom. The van der Waals surface area contributed by atoms with Gasteiger partial charge in [0.15, 0.2) is 0 Å². The maximum absolute atomic E-state index is 12.4. The van der Waals surface area contributed by atoms with Crippen LogP contribution >= 0.6 is 15.9 Å². The number of hydrogen-bond acceptors (Lipinski definition) is 3. The second-order valence-electron chi connectivity index (χ2n) is 4.86. The van der Waals surface area contributed by atoms with Crippen LogP contribution in [0.2, 0.25) is 0 Å². The Kier molecular flexibility index (Phi) is 3.84. The van der Waals surface area contributed by atoms with Gasteiger partial charge < -0.3 is 15.2 Å². The maximum atomic E-state index is 12.4. The molecule has 0 aliphatic carbocycles. The van der Waals surface area contributed by atoms with Crippen LogP contribution < -0.4 is 10.1 Å². The number of hydrogen-bond donors (Lipinski definition) is 2. The largest absolute Gasteiger partial charge is 0.507 e. The summed E-state index contributed by atoms with van der Waals surface area (Å²) in [5, 5.41) is 12.8. The summed E-state index contributed by atoms with van der Waals surface area (Å²) in [5.41, 5.74) is 1.22. The third-order valence-electron chi connectivity index (χ3n) is 3.47. The van der Waals surface area contributed by atoms with Crippen LogP contribution in [-0.2, 0) is 0 Å². The van der Waals surface area contributed by atoms with Gasteiger partial charge in [-0.15, -0.1) is 0 Å². The number of carbonyl (C=O) groups is 1. The van der Waals surface area contributed by atoms with Gasteiger partial charge in [-0.2, -0.15) is 0 Å². The monoisotopic (exact) mass is 347 g/mol. The highest BCUT2D eigenvalue weighted by Crippen LogP contribution is 2.32. The summed E-state index contributed by atoms with van der Waals surface area (Å²) >= 11 is 3.30. The maximum Gasteiger partial charge on any atom is 0.255 e. The molecule has 1 atom stereocenters. The Labute approximate surface area is 130 Å². The first-order chi connectivity index (χ1) is 10.1. The highest BCUT2D eigenvalue weighted by molar-refractivity contribution is 9.10. The zero-order chi connectivity index (χ0) is 14.8. The minimum atomic E-state index is -0.296. The number of fused-ring (bicyclic) bond motifs is 1. The smallest absolute Gasteiger partial charge is 0.255 e. The minimum absolute atomic E-state index is 0.0314. The highest BCUT2D eigenvalue weighted by Gasteiger charge is 2.24. The molecule has 0 bridgehead atoms. The lowest BCUT2D eigenvalue weighted by Crippen LogP contribution is -2.32. The van der Waals surface area contributed by atoms with E-state index < -0.39 is 0 Å². The number of amides is 1. The summed E-state index contributed by atoms with van der Waals surface area (Å²) in [4.78, 5) is 12.4. The van der Waals surface area contributed by atoms with Crippen molar-refractivity contribution in [3.63, 3.8) is 0 Å². The minimum Gasteiger partial charge on any atom is -0.507 e. The van der Waals surface area contributed by atoms with Gasteiger partial charge in [-0.05, 0) is 24.3 Å². The molecule has 2 aromatic carbocycles. The third kappa shape index (κ3) is 2.88. The van der Waals surface area contributed by atoms with Crippen molar-refractivity contribution in [3.05, 3.63) is 58.1 Å². The number of nitrogens with one attached hydrogen (secondary N) is 1. The zero-order valence-electron chi connectivity index (χ0n) is 11.2. The number of phenols is 1. The molecule has 1 amide bonds. The fourth-order valence-electron chi connectivity index (χ4n) is 2.42. The van der Waals surface area contributed by atoms with Gasteiger partial charge in [0.25, 0.3) is 5.91 Å². The van der Waals surface area contributed by atoms with E-state index in [0.717, 1.165) is 15.8 Å². The summed E-state index contributed by atoms with van der Waals surface area (Å²) in [6, 6.07) is 12.3. The van der Waals surface area contributed by atoms with E-state index in [9.17, 15) is 9.90 Å². The number of phenolic OH excluding ortho intramolecular Hbond substituents is 1. The lowest BCUT2D eigenvalue weighted by atomic mass is 10.00. The van der Waals surface area contributed by atoms with Crippen LogP contribution in [0, 0.1) is 0 Å². The van der Waals surface area contributed by atoms with Crippen LogP contribution in [0.1, 0.15) is 28.4 Å². The summed E-state index contributed by atoms with van der Waals surface area (Å²) in [6.45, 7) is 0.562. The topological polar surface area (TPSA) is 58.6 Å². The van der Waals surface area contributed by atoms with Crippen molar-refractivity contribution in [3.8, 4) is 11.5 Å². The van der Waals surface area contributed by atoms with E-state index in [4.69, 9.17) is 4.74 Å². The molecule has 5 heteroatoms. The fraction of sp³-hybridized carbons (Fsp3) is 0.188. The normalized spacial score (nSPS) is 16.7. The Hall–Kier alpha value is -2.01. The van der Waals surface area contributed by atoms with E-state index in [1.165, 1.54) is 6.07 Å². The molecule has 3 rings (SSSR count). The molecule has 0 saturated heterocycles. The third-order valence-corrected chi connectivity index (χ3v) is 3.96. The molecule has 1 aliphatic heterocycles. The SMILES string of the molecule is O=C(NC1CCOc2ccccc21)c1cc(Br)ccc1O. The first-order valence-electron chi connectivity index (χ1n) is 6.66. The second-order valence-corrected chi connectivity index (χ2v) is 5.78. The average molecular weight is 348 g/mol. The van der Waals surface area contributed by atoms with E-state index in [-0.39, 0.29) is 23.3 Å². The van der Waals surface area contributed by atoms with Crippen molar-refractivity contribution in [2.24, 2.45) is 0 Å². The van der Waals surface area contributed by atoms with Crippen LogP contribution in [0.5, 0.6) is 11.5 Å². The van der Waals surface area contributed by atoms with Gasteiger partial charge in [0.1, 0.15) is 11.5 Å². The highest BCUT2D eigenvalue weighted by atomic mass is 79.9. The number of aromatic hydroxyl groups is 1. The molecular formula is C16H14BrNO3. The van der Waals surface area contributed by atoms with Crippen molar-refractivity contribution in [2.75, 3.05) is 6.61 Å². The van der Waals surface area contributed by atoms with Crippen LogP contribution in [-0.4, -0.2) is 17.6 Å². The molecule has 0 spiro atoms. The summed E-state index contributed by atoms with van der Waals surface area (Å²) in [6.07, 6.45) is 0.706. The van der Waals surface area contributed by atoms with Crippen molar-refractivity contribution < 1.29 is 14.6 Å². The quantitative estimate of drug-likeness (QED) is 0.875. The number of para-hydroxylation sites is 1. The number of carbonyl (C=O) groups excluding carboxylic acids is 1. The predicted molar refractivity (Wildman–Crippen MR) is 82.6 cm³/mol. The molecule has 0 fully saturated rings. The van der Waals surface area contributed by atoms with Gasteiger partial charge in [-0.25, -0.2) is 0 Å². The molecular weight excluding hydrogens is 334 g/mol. The fourth-order valence-corrected chi connectivity index (χ4v) is 2.78. The van der Waals surface area contributed by atoms with Gasteiger partial charge in [-0.1, -0.05) is 34.1 Å². The second kappa shape index (κ2) is 5.77. The molecule has 0 aromatic heterocycles. The molecule has 1 unspecified atom stereocenters. The molecule has 0 saturated carbocycles. The summed E-state index contributed by atoms with van der Waals surface area (Å²) in [5.74, 6) is 0.471. The first-order valence-corrected chi connectivity index (χ1v) is 7.45. The van der Waals surface area contributed by atoms with Crippen LogP contribution in [0.4, 0.5) is 0 Å². The van der Waals surface area contributed by atoms with Gasteiger partial charge in [0, 0.05) is 16.5 Å². The number of rotatable bonds is 2. The van der Waals surface area contributed by atoms with Crippen LogP contribution in [0.25, 0.3) is 0 Å². The predicted octanol–water partition coefficient (Wildman–Crippen LogP) is 3.41. The Bertz CT molecular complexity index is 687. The molecule has 2 N–H and O–H groups in total. The van der Waals surface area contributed by atoms with E-state index in [0.29, 0.717) is 13.0 Å². The van der Waals surface area contributed by atoms with E-state index in [1.807, 2.05) is 24.3 Å². The summed E-state index contributed by atoms with van der Waals surface area (Å²) in [7, 11) is 0. The van der Waals surface area contributed by atoms with Gasteiger partial charge >= 0.3 is 0 Å². The molecule has 1 heterocycles. The molecule has 4 nitrogen and oxygen atoms in total. The van der Waals surface area contributed by atoms with E-state index in [1.54, 1.807) is 12.1 Å². The Morgan fingerprint density at radius 1 is 1.29 bits per heavy atom. The van der Waals surface area contributed by atoms with E-state index in [2.05, 4.69) is 21.2 Å². The number of benzene rings is 2. The molecule has 108 valence electrons. The standard InChI is InChI=1S/C16H14BrNO3/c17-10-5-6-14(19)12(9-10)16(20)18-13-7-8-21-15-4-2-1-3-11(13)15/h1-6,9,13,19H,7-8H2,(H,18,20). The van der Waals surface area contributed by atoms with Crippen LogP contribution in [0.15, 0.2) is 46.9 Å². The number of ether oxygens (including phenoxy) is 1. The molecule has 1 aliphatic rings. The lowest BCUT2D eigenvalue weighted by Gasteiger charge is -2.26. The van der Waals surface area contributed by atoms with E-state index >= 15 is 0 Å². The van der Waals surface area contributed by atoms with Crippen molar-refractivity contribution in [2.45, 2.75) is 12.5 Å². The van der Waals surface area contributed by atoms with Gasteiger partial charge in [0.05, 0.1) is 18.2 Å². The summed E-state index contributed by atoms with van der Waals surface area (Å²) < 4.78 is 6.32. The van der Waals surface area contributed by atoms with Crippen molar-refractivity contribution >= 4 is 21.8 Å². The lowest BCUT2D eigenvalue weighted by molar-refractivity contribution is 0.0922. The zero-order valence-corrected chi connectivity index (χ0v) is 12.8. The first kappa shape index (κ1) is 13.9. The van der Waals surface area contributed by atoms with Gasteiger partial charge in [-0.3, -0.25) is 4.79 Å².